The fraction of sp³-hybridized carbons (Fsp3) is 0.300. The van der Waals surface area contributed by atoms with E-state index in [2.05, 4.69) is 64.5 Å². The summed E-state index contributed by atoms with van der Waals surface area (Å²) in [5, 5.41) is 1.43. The molecule has 0 unspecified atom stereocenters. The molecule has 2 aliphatic heterocycles. The van der Waals surface area contributed by atoms with Crippen molar-refractivity contribution in [2.24, 2.45) is 0 Å². The van der Waals surface area contributed by atoms with E-state index in [0.29, 0.717) is 12.1 Å². The van der Waals surface area contributed by atoms with Crippen LogP contribution in [-0.2, 0) is 13.0 Å². The zero-order valence-corrected chi connectivity index (χ0v) is 12.6. The third-order valence-electron chi connectivity index (χ3n) is 5.45. The second-order valence-corrected chi connectivity index (χ2v) is 6.67. The van der Waals surface area contributed by atoms with Crippen molar-refractivity contribution in [2.75, 3.05) is 0 Å². The Bertz CT molecular complexity index is 818. The van der Waals surface area contributed by atoms with Crippen molar-refractivity contribution in [1.29, 1.82) is 0 Å². The van der Waals surface area contributed by atoms with Crippen molar-refractivity contribution < 1.29 is 0 Å². The lowest BCUT2D eigenvalue weighted by Gasteiger charge is -2.35. The first-order chi connectivity index (χ1) is 10.9. The quantitative estimate of drug-likeness (QED) is 0.739. The Morgan fingerprint density at radius 3 is 2.68 bits per heavy atom. The van der Waals surface area contributed by atoms with Crippen LogP contribution in [0.15, 0.2) is 54.6 Å². The van der Waals surface area contributed by atoms with Gasteiger partial charge in [0, 0.05) is 41.6 Å². The van der Waals surface area contributed by atoms with E-state index in [0.717, 1.165) is 6.54 Å². The van der Waals surface area contributed by atoms with Crippen LogP contribution in [0.25, 0.3) is 10.9 Å². The fourth-order valence-electron chi connectivity index (χ4n) is 4.50. The predicted molar refractivity (Wildman–Crippen MR) is 89.8 cm³/mol. The molecule has 5 rings (SSSR count). The normalized spacial score (nSPS) is 23.8. The molecule has 0 saturated carbocycles. The number of fused-ring (bicyclic) bond motifs is 6. The molecule has 1 aromatic heterocycles. The molecule has 2 atom stereocenters. The number of aromatic amines is 1. The molecule has 0 amide bonds. The number of H-pyrrole nitrogens is 1. The van der Waals surface area contributed by atoms with Gasteiger partial charge in [-0.25, -0.2) is 0 Å². The van der Waals surface area contributed by atoms with Crippen LogP contribution in [0.3, 0.4) is 0 Å². The van der Waals surface area contributed by atoms with E-state index in [1.807, 2.05) is 0 Å². The zero-order valence-electron chi connectivity index (χ0n) is 12.6. The Kier molecular flexibility index (Phi) is 2.68. The van der Waals surface area contributed by atoms with E-state index >= 15 is 0 Å². The molecule has 1 N–H and O–H groups in total. The molecule has 2 nitrogen and oxygen atoms in total. The smallest absolute Gasteiger partial charge is 0.0459 e. The number of rotatable bonds is 2. The summed E-state index contributed by atoms with van der Waals surface area (Å²) in [6, 6.07) is 21.0. The van der Waals surface area contributed by atoms with Gasteiger partial charge in [-0.1, -0.05) is 48.5 Å². The zero-order chi connectivity index (χ0) is 14.5. The highest BCUT2D eigenvalue weighted by Gasteiger charge is 2.41. The van der Waals surface area contributed by atoms with Crippen LogP contribution in [0, 0.1) is 0 Å². The molecule has 2 bridgehead atoms. The fourth-order valence-corrected chi connectivity index (χ4v) is 4.50. The van der Waals surface area contributed by atoms with Crippen molar-refractivity contribution in [2.45, 2.75) is 37.9 Å². The number of aromatic nitrogens is 1. The lowest BCUT2D eigenvalue weighted by molar-refractivity contribution is 0.168. The molecular formula is C20H20N2. The number of para-hydroxylation sites is 1. The van der Waals surface area contributed by atoms with Crippen LogP contribution in [0.4, 0.5) is 0 Å². The number of hydrogen-bond donors (Lipinski definition) is 1. The molecular weight excluding hydrogens is 268 g/mol. The van der Waals surface area contributed by atoms with Crippen molar-refractivity contribution in [1.82, 2.24) is 9.88 Å². The monoisotopic (exact) mass is 288 g/mol. The third-order valence-corrected chi connectivity index (χ3v) is 5.45. The summed E-state index contributed by atoms with van der Waals surface area (Å²) in [4.78, 5) is 6.41. The third kappa shape index (κ3) is 1.77. The molecule has 3 heterocycles. The Morgan fingerprint density at radius 1 is 0.955 bits per heavy atom. The SMILES string of the molecule is c1ccc(CN2[C@H]3CC[C@@H]2c2c([nH]c4ccccc24)C3)cc1. The van der Waals surface area contributed by atoms with Gasteiger partial charge in [0.25, 0.3) is 0 Å². The van der Waals surface area contributed by atoms with Gasteiger partial charge in [-0.05, 0) is 30.0 Å². The molecule has 1 fully saturated rings. The van der Waals surface area contributed by atoms with E-state index in [-0.39, 0.29) is 0 Å². The van der Waals surface area contributed by atoms with Gasteiger partial charge in [-0.2, -0.15) is 0 Å². The Hall–Kier alpha value is -2.06. The maximum Gasteiger partial charge on any atom is 0.0459 e. The van der Waals surface area contributed by atoms with Crippen LogP contribution in [-0.4, -0.2) is 15.9 Å². The highest BCUT2D eigenvalue weighted by atomic mass is 15.2. The summed E-state index contributed by atoms with van der Waals surface area (Å²) < 4.78 is 0. The van der Waals surface area contributed by atoms with Gasteiger partial charge in [0.1, 0.15) is 0 Å². The van der Waals surface area contributed by atoms with Crippen molar-refractivity contribution >= 4 is 10.9 Å². The topological polar surface area (TPSA) is 19.0 Å². The van der Waals surface area contributed by atoms with Crippen molar-refractivity contribution in [3.63, 3.8) is 0 Å². The van der Waals surface area contributed by atoms with Gasteiger partial charge in [0.2, 0.25) is 0 Å². The standard InChI is InChI=1S/C20H20N2/c1-2-6-14(7-3-1)13-22-15-10-11-19(22)20-16-8-4-5-9-17(16)21-18(20)12-15/h1-9,15,19,21H,10-13H2/t15-,19+/m0/s1. The van der Waals surface area contributed by atoms with E-state index in [4.69, 9.17) is 0 Å². The summed E-state index contributed by atoms with van der Waals surface area (Å²) in [6.07, 6.45) is 3.80. The highest BCUT2D eigenvalue weighted by Crippen LogP contribution is 2.47. The summed E-state index contributed by atoms with van der Waals surface area (Å²) in [5.41, 5.74) is 5.79. The molecule has 2 heteroatoms. The van der Waals surface area contributed by atoms with Crippen molar-refractivity contribution in [3.05, 3.63) is 71.4 Å². The average molecular weight is 288 g/mol. The van der Waals surface area contributed by atoms with Crippen LogP contribution in [0.5, 0.6) is 0 Å². The van der Waals surface area contributed by atoms with Crippen LogP contribution in [0.2, 0.25) is 0 Å². The summed E-state index contributed by atoms with van der Waals surface area (Å²) >= 11 is 0. The first-order valence-electron chi connectivity index (χ1n) is 8.29. The Morgan fingerprint density at radius 2 is 1.77 bits per heavy atom. The van der Waals surface area contributed by atoms with E-state index in [1.54, 1.807) is 5.56 Å². The van der Waals surface area contributed by atoms with Crippen LogP contribution >= 0.6 is 0 Å². The van der Waals surface area contributed by atoms with Gasteiger partial charge in [-0.15, -0.1) is 0 Å². The number of nitrogens with zero attached hydrogens (tertiary/aromatic N) is 1. The molecule has 0 aliphatic carbocycles. The minimum Gasteiger partial charge on any atom is -0.358 e. The predicted octanol–water partition coefficient (Wildman–Crippen LogP) is 4.43. The maximum absolute atomic E-state index is 3.67. The summed E-state index contributed by atoms with van der Waals surface area (Å²) in [6.45, 7) is 1.08. The molecule has 110 valence electrons. The average Bonchev–Trinajstić information content (AvgIpc) is 3.05. The summed E-state index contributed by atoms with van der Waals surface area (Å²) in [5.74, 6) is 0. The van der Waals surface area contributed by atoms with Gasteiger partial charge < -0.3 is 4.98 Å². The number of benzene rings is 2. The second-order valence-electron chi connectivity index (χ2n) is 6.67. The number of hydrogen-bond acceptors (Lipinski definition) is 1. The van der Waals surface area contributed by atoms with Gasteiger partial charge in [0.05, 0.1) is 0 Å². The van der Waals surface area contributed by atoms with Crippen molar-refractivity contribution in [3.8, 4) is 0 Å². The van der Waals surface area contributed by atoms with Gasteiger partial charge in [0.15, 0.2) is 0 Å². The van der Waals surface area contributed by atoms with E-state index < -0.39 is 0 Å². The molecule has 2 aliphatic rings. The molecule has 0 radical (unpaired) electrons. The summed E-state index contributed by atoms with van der Waals surface area (Å²) in [7, 11) is 0. The Balaban J connectivity index is 1.58. The molecule has 2 aromatic carbocycles. The first-order valence-corrected chi connectivity index (χ1v) is 8.29. The van der Waals surface area contributed by atoms with Gasteiger partial charge in [-0.3, -0.25) is 4.90 Å². The largest absolute Gasteiger partial charge is 0.358 e. The second kappa shape index (κ2) is 4.72. The minimum atomic E-state index is 0.588. The minimum absolute atomic E-state index is 0.588. The molecule has 1 saturated heterocycles. The maximum atomic E-state index is 3.67. The lowest BCUT2D eigenvalue weighted by atomic mass is 9.96. The molecule has 22 heavy (non-hydrogen) atoms. The molecule has 0 spiro atoms. The van der Waals surface area contributed by atoms with E-state index in [9.17, 15) is 0 Å². The lowest BCUT2D eigenvalue weighted by Crippen LogP contribution is -2.36. The Labute approximate surface area is 130 Å². The van der Waals surface area contributed by atoms with Crippen LogP contribution in [0.1, 0.15) is 35.7 Å². The van der Waals surface area contributed by atoms with Crippen LogP contribution < -0.4 is 0 Å². The van der Waals surface area contributed by atoms with E-state index in [1.165, 1.54) is 41.4 Å². The number of nitrogens with one attached hydrogen (secondary N) is 1. The van der Waals surface area contributed by atoms with Gasteiger partial charge >= 0.3 is 0 Å². The first kappa shape index (κ1) is 12.5. The highest BCUT2D eigenvalue weighted by molar-refractivity contribution is 5.85. The molecule has 3 aromatic rings.